The first kappa shape index (κ1) is 12.4. The Morgan fingerprint density at radius 3 is 2.54 bits per heavy atom. The van der Waals surface area contributed by atoms with Gasteiger partial charge in [0, 0.05) is 0 Å². The van der Waals surface area contributed by atoms with Crippen molar-refractivity contribution in [2.75, 3.05) is 27.7 Å². The van der Waals surface area contributed by atoms with Crippen molar-refractivity contribution in [3.8, 4) is 0 Å². The number of hydrogen-bond acceptors (Lipinski definition) is 4. The minimum atomic E-state index is -0.178. The molecule has 0 aliphatic heterocycles. The van der Waals surface area contributed by atoms with E-state index in [1.165, 1.54) is 7.11 Å². The molecule has 78 valence electrons. The number of methoxy groups -OCH3 is 1. The third-order valence-corrected chi connectivity index (χ3v) is 1.84. The molecule has 4 heteroatoms. The molecule has 0 aromatic heterocycles. The average Bonchev–Trinajstić information content (AvgIpc) is 2.11. The second kappa shape index (κ2) is 6.86. The predicted octanol–water partition coefficient (Wildman–Crippen LogP) is 0.437. The number of hydrogen-bond donors (Lipinski definition) is 1. The molecule has 0 aromatic rings. The number of carbonyl (C=O) groups is 1. The van der Waals surface area contributed by atoms with Crippen LogP contribution in [0.15, 0.2) is 0 Å². The summed E-state index contributed by atoms with van der Waals surface area (Å²) in [6.07, 6.45) is 1.53. The smallest absolute Gasteiger partial charge is 0.308 e. The average molecular weight is 188 g/mol. The van der Waals surface area contributed by atoms with Gasteiger partial charge >= 0.3 is 5.97 Å². The normalized spacial score (nSPS) is 13.0. The summed E-state index contributed by atoms with van der Waals surface area (Å²) in [6.45, 7) is 3.01. The van der Waals surface area contributed by atoms with Gasteiger partial charge in [-0.05, 0) is 27.1 Å². The Morgan fingerprint density at radius 1 is 1.54 bits per heavy atom. The van der Waals surface area contributed by atoms with Crippen molar-refractivity contribution in [1.29, 1.82) is 0 Å². The van der Waals surface area contributed by atoms with Crippen molar-refractivity contribution < 1.29 is 9.53 Å². The first-order chi connectivity index (χ1) is 6.11. The van der Waals surface area contributed by atoms with Gasteiger partial charge in [-0.15, -0.1) is 0 Å². The van der Waals surface area contributed by atoms with Gasteiger partial charge in [-0.2, -0.15) is 0 Å². The molecular weight excluding hydrogens is 168 g/mol. The zero-order valence-electron chi connectivity index (χ0n) is 8.96. The second-order valence-corrected chi connectivity index (χ2v) is 3.21. The molecule has 0 unspecified atom stereocenters. The van der Waals surface area contributed by atoms with Gasteiger partial charge < -0.3 is 10.1 Å². The molecule has 0 aliphatic rings. The number of nitrogens with zero attached hydrogens (tertiary/aromatic N) is 1. The summed E-state index contributed by atoms with van der Waals surface area (Å²) in [6, 6.07) is 0. The van der Waals surface area contributed by atoms with E-state index in [4.69, 9.17) is 0 Å². The largest absolute Gasteiger partial charge is 0.469 e. The van der Waals surface area contributed by atoms with E-state index in [-0.39, 0.29) is 12.1 Å². The van der Waals surface area contributed by atoms with E-state index >= 15 is 0 Å². The Labute approximate surface area is 80.2 Å². The van der Waals surface area contributed by atoms with Crippen molar-refractivity contribution in [3.63, 3.8) is 0 Å². The number of ether oxygens (including phenoxy) is 1. The van der Waals surface area contributed by atoms with Crippen LogP contribution in [-0.4, -0.2) is 44.8 Å². The van der Waals surface area contributed by atoms with Crippen molar-refractivity contribution in [3.05, 3.63) is 0 Å². The van der Waals surface area contributed by atoms with E-state index in [1.807, 2.05) is 19.0 Å². The molecule has 0 amide bonds. The molecule has 0 saturated carbocycles. The lowest BCUT2D eigenvalue weighted by molar-refractivity contribution is -0.142. The third kappa shape index (κ3) is 5.60. The first-order valence-electron chi connectivity index (χ1n) is 4.58. The highest BCUT2D eigenvalue weighted by atomic mass is 16.5. The number of nitrogens with one attached hydrogen (secondary N) is 1. The number of rotatable bonds is 6. The molecule has 0 aromatic carbocycles. The molecule has 0 fully saturated rings. The molecule has 13 heavy (non-hydrogen) atoms. The van der Waals surface area contributed by atoms with Gasteiger partial charge in [-0.1, -0.05) is 6.92 Å². The molecule has 0 spiro atoms. The fraction of sp³-hybridized carbons (Fsp3) is 0.889. The summed E-state index contributed by atoms with van der Waals surface area (Å²) < 4.78 is 4.61. The number of esters is 1. The van der Waals surface area contributed by atoms with Crippen molar-refractivity contribution >= 4 is 5.97 Å². The maximum absolute atomic E-state index is 11.0. The summed E-state index contributed by atoms with van der Waals surface area (Å²) in [7, 11) is 5.29. The lowest BCUT2D eigenvalue weighted by Gasteiger charge is -2.24. The van der Waals surface area contributed by atoms with Crippen LogP contribution in [0.5, 0.6) is 0 Å². The van der Waals surface area contributed by atoms with Crippen molar-refractivity contribution in [2.24, 2.45) is 0 Å². The Balaban J connectivity index is 3.87. The summed E-state index contributed by atoms with van der Waals surface area (Å²) in [5.74, 6) is -0.178. The topological polar surface area (TPSA) is 41.6 Å². The second-order valence-electron chi connectivity index (χ2n) is 3.21. The standard InChI is InChI=1S/C9H20N2O2/c1-5-6-10-8(11(2)3)7-9(12)13-4/h8,10H,5-7H2,1-4H3/t8-/m1/s1. The molecule has 0 aliphatic carbocycles. The van der Waals surface area contributed by atoms with Gasteiger partial charge in [0.05, 0.1) is 19.7 Å². The quantitative estimate of drug-likeness (QED) is 0.485. The number of carbonyl (C=O) groups excluding carboxylic acids is 1. The van der Waals surface area contributed by atoms with E-state index in [9.17, 15) is 4.79 Å². The van der Waals surface area contributed by atoms with E-state index in [0.29, 0.717) is 6.42 Å². The summed E-state index contributed by atoms with van der Waals surface area (Å²) in [5.41, 5.74) is 0. The van der Waals surface area contributed by atoms with Gasteiger partial charge in [0.2, 0.25) is 0 Å². The molecule has 1 N–H and O–H groups in total. The summed E-state index contributed by atoms with van der Waals surface area (Å²) in [4.78, 5) is 13.0. The van der Waals surface area contributed by atoms with E-state index in [0.717, 1.165) is 13.0 Å². The SMILES string of the molecule is CCCN[C@@H](CC(=O)OC)N(C)C. The third-order valence-electron chi connectivity index (χ3n) is 1.84. The lowest BCUT2D eigenvalue weighted by atomic mass is 10.3. The van der Waals surface area contributed by atoms with Gasteiger partial charge in [-0.3, -0.25) is 9.69 Å². The van der Waals surface area contributed by atoms with Crippen LogP contribution in [0.3, 0.4) is 0 Å². The molecular formula is C9H20N2O2. The van der Waals surface area contributed by atoms with Crippen LogP contribution < -0.4 is 5.32 Å². The van der Waals surface area contributed by atoms with Crippen LogP contribution in [0, 0.1) is 0 Å². The van der Waals surface area contributed by atoms with Crippen molar-refractivity contribution in [2.45, 2.75) is 25.9 Å². The van der Waals surface area contributed by atoms with Crippen molar-refractivity contribution in [1.82, 2.24) is 10.2 Å². The summed E-state index contributed by atoms with van der Waals surface area (Å²) in [5, 5.41) is 3.26. The fourth-order valence-electron chi connectivity index (χ4n) is 0.989. The first-order valence-corrected chi connectivity index (χ1v) is 4.58. The molecule has 1 atom stereocenters. The minimum absolute atomic E-state index is 0.0763. The Kier molecular flexibility index (Phi) is 6.54. The van der Waals surface area contributed by atoms with Crippen LogP contribution in [0.25, 0.3) is 0 Å². The molecule has 0 bridgehead atoms. The van der Waals surface area contributed by atoms with Crippen LogP contribution >= 0.6 is 0 Å². The van der Waals surface area contributed by atoms with Gasteiger partial charge in [0.1, 0.15) is 0 Å². The van der Waals surface area contributed by atoms with Crippen LogP contribution in [0.1, 0.15) is 19.8 Å². The van der Waals surface area contributed by atoms with E-state index < -0.39 is 0 Å². The van der Waals surface area contributed by atoms with Crippen LogP contribution in [0.4, 0.5) is 0 Å². The molecule has 0 heterocycles. The molecule has 0 rings (SSSR count). The van der Waals surface area contributed by atoms with Gasteiger partial charge in [-0.25, -0.2) is 0 Å². The minimum Gasteiger partial charge on any atom is -0.469 e. The highest BCUT2D eigenvalue weighted by Gasteiger charge is 2.14. The Morgan fingerprint density at radius 2 is 2.15 bits per heavy atom. The van der Waals surface area contributed by atoms with Gasteiger partial charge in [0.15, 0.2) is 0 Å². The predicted molar refractivity (Wildman–Crippen MR) is 52.4 cm³/mol. The Bertz CT molecular complexity index is 149. The maximum atomic E-state index is 11.0. The maximum Gasteiger partial charge on any atom is 0.308 e. The molecule has 0 saturated heterocycles. The van der Waals surface area contributed by atoms with E-state index in [2.05, 4.69) is 17.0 Å². The fourth-order valence-corrected chi connectivity index (χ4v) is 0.989. The van der Waals surface area contributed by atoms with E-state index in [1.54, 1.807) is 0 Å². The van der Waals surface area contributed by atoms with Crippen LogP contribution in [-0.2, 0) is 9.53 Å². The highest BCUT2D eigenvalue weighted by molar-refractivity contribution is 5.69. The molecule has 0 radical (unpaired) electrons. The van der Waals surface area contributed by atoms with Crippen LogP contribution in [0.2, 0.25) is 0 Å². The monoisotopic (exact) mass is 188 g/mol. The van der Waals surface area contributed by atoms with Gasteiger partial charge in [0.25, 0.3) is 0 Å². The summed E-state index contributed by atoms with van der Waals surface area (Å²) >= 11 is 0. The zero-order chi connectivity index (χ0) is 10.3. The highest BCUT2D eigenvalue weighted by Crippen LogP contribution is 1.97. The molecule has 4 nitrogen and oxygen atoms in total. The zero-order valence-corrected chi connectivity index (χ0v) is 8.96. The lowest BCUT2D eigenvalue weighted by Crippen LogP contribution is -2.43. The Hall–Kier alpha value is -0.610.